The van der Waals surface area contributed by atoms with Gasteiger partial charge >= 0.3 is 6.18 Å². The van der Waals surface area contributed by atoms with Crippen LogP contribution in [0.1, 0.15) is 47.8 Å². The van der Waals surface area contributed by atoms with E-state index in [1.807, 2.05) is 0 Å². The topological polar surface area (TPSA) is 78.4 Å². The standard InChI is InChI=1S/C21H23F4N5O2/c1-12(17-5-4-15(8-18(17)22)21(23,24)25)28-20-26-9-14(10-27-20)19(32)30-7-6-16(11-30)29(3)13(2)31/h4-5,8-10,12,16H,6-7,11H2,1-3H3,(H,26,27,28)/t12-,16-/m0/s1. The van der Waals surface area contributed by atoms with Crippen LogP contribution >= 0.6 is 0 Å². The molecule has 0 saturated carbocycles. The SMILES string of the molecule is CC(=O)N(C)[C@H]1CCN(C(=O)c2cnc(N[C@@H](C)c3ccc(C(F)(F)F)cc3F)nc2)C1. The number of alkyl halides is 3. The van der Waals surface area contributed by atoms with Gasteiger partial charge in [-0.15, -0.1) is 0 Å². The molecule has 172 valence electrons. The second-order valence-electron chi connectivity index (χ2n) is 7.72. The Balaban J connectivity index is 1.64. The predicted molar refractivity (Wildman–Crippen MR) is 108 cm³/mol. The number of rotatable bonds is 5. The molecule has 0 aliphatic carbocycles. The zero-order valence-electron chi connectivity index (χ0n) is 17.8. The Kier molecular flexibility index (Phi) is 6.65. The zero-order valence-corrected chi connectivity index (χ0v) is 17.8. The highest BCUT2D eigenvalue weighted by Gasteiger charge is 2.32. The molecular formula is C21H23F4N5O2. The Morgan fingerprint density at radius 2 is 1.91 bits per heavy atom. The highest BCUT2D eigenvalue weighted by molar-refractivity contribution is 5.94. The summed E-state index contributed by atoms with van der Waals surface area (Å²) >= 11 is 0. The van der Waals surface area contributed by atoms with Crippen molar-refractivity contribution in [2.24, 2.45) is 0 Å². The van der Waals surface area contributed by atoms with Gasteiger partial charge in [-0.2, -0.15) is 13.2 Å². The molecule has 1 aliphatic rings. The van der Waals surface area contributed by atoms with Crippen molar-refractivity contribution in [1.82, 2.24) is 19.8 Å². The van der Waals surface area contributed by atoms with E-state index in [0.717, 1.165) is 12.1 Å². The van der Waals surface area contributed by atoms with Crippen molar-refractivity contribution in [3.8, 4) is 0 Å². The molecule has 1 aromatic carbocycles. The van der Waals surface area contributed by atoms with E-state index in [2.05, 4.69) is 15.3 Å². The molecule has 1 N–H and O–H groups in total. The van der Waals surface area contributed by atoms with Gasteiger partial charge in [0.2, 0.25) is 11.9 Å². The maximum atomic E-state index is 14.2. The van der Waals surface area contributed by atoms with Crippen LogP contribution in [0.3, 0.4) is 0 Å². The molecule has 0 radical (unpaired) electrons. The van der Waals surface area contributed by atoms with Gasteiger partial charge in [-0.25, -0.2) is 14.4 Å². The Hall–Kier alpha value is -3.24. The van der Waals surface area contributed by atoms with E-state index in [1.165, 1.54) is 19.3 Å². The van der Waals surface area contributed by atoms with Crippen LogP contribution in [-0.4, -0.2) is 57.8 Å². The summed E-state index contributed by atoms with van der Waals surface area (Å²) in [6, 6.07) is 1.57. The van der Waals surface area contributed by atoms with E-state index < -0.39 is 23.6 Å². The molecule has 0 bridgehead atoms. The van der Waals surface area contributed by atoms with Crippen LogP contribution < -0.4 is 5.32 Å². The number of amides is 2. The van der Waals surface area contributed by atoms with Crippen LogP contribution in [-0.2, 0) is 11.0 Å². The van der Waals surface area contributed by atoms with Gasteiger partial charge < -0.3 is 15.1 Å². The van der Waals surface area contributed by atoms with Crippen LogP contribution in [0.2, 0.25) is 0 Å². The fourth-order valence-electron chi connectivity index (χ4n) is 3.52. The molecule has 2 amide bonds. The first-order chi connectivity index (χ1) is 15.0. The Bertz CT molecular complexity index is 997. The number of nitrogens with zero attached hydrogens (tertiary/aromatic N) is 4. The van der Waals surface area contributed by atoms with Crippen molar-refractivity contribution < 1.29 is 27.2 Å². The summed E-state index contributed by atoms with van der Waals surface area (Å²) in [5.41, 5.74) is -0.779. The molecule has 2 heterocycles. The van der Waals surface area contributed by atoms with Gasteiger partial charge in [-0.3, -0.25) is 9.59 Å². The van der Waals surface area contributed by atoms with Gasteiger partial charge in [0.05, 0.1) is 23.2 Å². The van der Waals surface area contributed by atoms with Crippen molar-refractivity contribution in [3.05, 3.63) is 53.1 Å². The van der Waals surface area contributed by atoms with Crippen LogP contribution in [0.25, 0.3) is 0 Å². The number of nitrogens with one attached hydrogen (secondary N) is 1. The first-order valence-electron chi connectivity index (χ1n) is 9.95. The lowest BCUT2D eigenvalue weighted by Crippen LogP contribution is -2.39. The molecule has 1 aromatic heterocycles. The predicted octanol–water partition coefficient (Wildman–Crippen LogP) is 3.50. The average Bonchev–Trinajstić information content (AvgIpc) is 3.22. The third-order valence-corrected chi connectivity index (χ3v) is 5.53. The van der Waals surface area contributed by atoms with Crippen LogP contribution in [0, 0.1) is 5.82 Å². The van der Waals surface area contributed by atoms with Crippen LogP contribution in [0.4, 0.5) is 23.5 Å². The van der Waals surface area contributed by atoms with Crippen molar-refractivity contribution in [3.63, 3.8) is 0 Å². The van der Waals surface area contributed by atoms with Gasteiger partial charge in [0.15, 0.2) is 0 Å². The molecule has 2 aromatic rings. The van der Waals surface area contributed by atoms with E-state index in [-0.39, 0.29) is 34.9 Å². The minimum Gasteiger partial charge on any atom is -0.348 e. The first-order valence-corrected chi connectivity index (χ1v) is 9.95. The summed E-state index contributed by atoms with van der Waals surface area (Å²) in [5.74, 6) is -1.23. The molecule has 1 saturated heterocycles. The minimum atomic E-state index is -4.63. The lowest BCUT2D eigenvalue weighted by Gasteiger charge is -2.23. The maximum Gasteiger partial charge on any atom is 0.416 e. The number of carbonyl (C=O) groups is 2. The molecular weight excluding hydrogens is 430 g/mol. The molecule has 1 aliphatic heterocycles. The average molecular weight is 453 g/mol. The third-order valence-electron chi connectivity index (χ3n) is 5.53. The molecule has 2 atom stereocenters. The number of benzene rings is 1. The van der Waals surface area contributed by atoms with E-state index in [0.29, 0.717) is 25.6 Å². The quantitative estimate of drug-likeness (QED) is 0.702. The zero-order chi connectivity index (χ0) is 23.6. The fourth-order valence-corrected chi connectivity index (χ4v) is 3.52. The van der Waals surface area contributed by atoms with Gasteiger partial charge in [0.25, 0.3) is 5.91 Å². The smallest absolute Gasteiger partial charge is 0.348 e. The first kappa shape index (κ1) is 23.4. The summed E-state index contributed by atoms with van der Waals surface area (Å²) < 4.78 is 52.3. The minimum absolute atomic E-state index is 0.0273. The van der Waals surface area contributed by atoms with Gasteiger partial charge in [-0.1, -0.05) is 6.07 Å². The summed E-state index contributed by atoms with van der Waals surface area (Å²) in [6.45, 7) is 3.95. The number of carbonyl (C=O) groups excluding carboxylic acids is 2. The number of anilines is 1. The van der Waals surface area contributed by atoms with Crippen molar-refractivity contribution in [2.75, 3.05) is 25.5 Å². The highest BCUT2D eigenvalue weighted by Crippen LogP contribution is 2.31. The lowest BCUT2D eigenvalue weighted by molar-refractivity contribution is -0.137. The van der Waals surface area contributed by atoms with Gasteiger partial charge in [0, 0.05) is 45.0 Å². The molecule has 0 unspecified atom stereocenters. The number of hydrogen-bond acceptors (Lipinski definition) is 5. The fraction of sp³-hybridized carbons (Fsp3) is 0.429. The van der Waals surface area contributed by atoms with E-state index in [4.69, 9.17) is 0 Å². The van der Waals surface area contributed by atoms with Crippen molar-refractivity contribution >= 4 is 17.8 Å². The van der Waals surface area contributed by atoms with Crippen LogP contribution in [0.5, 0.6) is 0 Å². The summed E-state index contributed by atoms with van der Waals surface area (Å²) in [5, 5.41) is 2.81. The number of likely N-dealkylation sites (tertiary alicyclic amines) is 1. The van der Waals surface area contributed by atoms with E-state index in [1.54, 1.807) is 23.8 Å². The molecule has 1 fully saturated rings. The summed E-state index contributed by atoms with van der Waals surface area (Å²) in [6.07, 6.45) is -1.29. The van der Waals surface area contributed by atoms with Crippen LogP contribution in [0.15, 0.2) is 30.6 Å². The maximum absolute atomic E-state index is 14.2. The van der Waals surface area contributed by atoms with E-state index in [9.17, 15) is 27.2 Å². The number of aromatic nitrogens is 2. The normalized spacial score (nSPS) is 17.2. The summed E-state index contributed by atoms with van der Waals surface area (Å²) in [4.78, 5) is 35.6. The van der Waals surface area contributed by atoms with Crippen molar-refractivity contribution in [2.45, 2.75) is 38.5 Å². The second-order valence-corrected chi connectivity index (χ2v) is 7.72. The molecule has 11 heteroatoms. The third kappa shape index (κ3) is 5.14. The lowest BCUT2D eigenvalue weighted by atomic mass is 10.0. The molecule has 0 spiro atoms. The molecule has 3 rings (SSSR count). The summed E-state index contributed by atoms with van der Waals surface area (Å²) in [7, 11) is 1.70. The Morgan fingerprint density at radius 1 is 1.25 bits per heavy atom. The van der Waals surface area contributed by atoms with Gasteiger partial charge in [-0.05, 0) is 25.5 Å². The van der Waals surface area contributed by atoms with Gasteiger partial charge in [0.1, 0.15) is 5.82 Å². The number of halogens is 4. The highest BCUT2D eigenvalue weighted by atomic mass is 19.4. The largest absolute Gasteiger partial charge is 0.416 e. The molecule has 7 nitrogen and oxygen atoms in total. The second kappa shape index (κ2) is 9.09. The monoisotopic (exact) mass is 453 g/mol. The number of hydrogen-bond donors (Lipinski definition) is 1. The number of likely N-dealkylation sites (N-methyl/N-ethyl adjacent to an activating group) is 1. The Morgan fingerprint density at radius 3 is 2.47 bits per heavy atom. The van der Waals surface area contributed by atoms with Crippen molar-refractivity contribution in [1.29, 1.82) is 0 Å². The Labute approximate surface area is 182 Å². The van der Waals surface area contributed by atoms with E-state index >= 15 is 0 Å². The molecule has 32 heavy (non-hydrogen) atoms.